The number of rotatable bonds is 3. The van der Waals surface area contributed by atoms with E-state index >= 15 is 0 Å². The second-order valence-corrected chi connectivity index (χ2v) is 4.52. The van der Waals surface area contributed by atoms with E-state index in [1.54, 1.807) is 17.4 Å². The van der Waals surface area contributed by atoms with Crippen LogP contribution in [-0.2, 0) is 0 Å². The summed E-state index contributed by atoms with van der Waals surface area (Å²) >= 11 is 6.85. The second-order valence-electron chi connectivity index (χ2n) is 3.20. The number of anilines is 1. The summed E-state index contributed by atoms with van der Waals surface area (Å²) < 4.78 is 7.43. The second kappa shape index (κ2) is 4.30. The Hall–Kier alpha value is -0.910. The van der Waals surface area contributed by atoms with Gasteiger partial charge in [0.15, 0.2) is 11.5 Å². The van der Waals surface area contributed by atoms with E-state index in [0.717, 1.165) is 20.4 Å². The minimum Gasteiger partial charge on any atom is -0.440 e. The standard InChI is InChI=1S/C10H11NO2S2/c1-6-5-15-10-7(14)4-8(11-2-3-12)13-9(6)10/h4-5,11-12H,2-3H2,1H3. The highest BCUT2D eigenvalue weighted by atomic mass is 32.1. The minimum atomic E-state index is 0.0724. The predicted octanol–water partition coefficient (Wildman–Crippen LogP) is 2.94. The van der Waals surface area contributed by atoms with Gasteiger partial charge in [-0.05, 0) is 12.3 Å². The third-order valence-corrected chi connectivity index (χ3v) is 3.59. The normalized spacial score (nSPS) is 10.8. The Bertz CT molecular complexity index is 530. The quantitative estimate of drug-likeness (QED) is 0.811. The molecule has 0 spiro atoms. The lowest BCUT2D eigenvalue weighted by molar-refractivity contribution is 0.310. The predicted molar refractivity (Wildman–Crippen MR) is 65.2 cm³/mol. The smallest absolute Gasteiger partial charge is 0.195 e. The molecule has 2 aromatic rings. The van der Waals surface area contributed by atoms with Crippen molar-refractivity contribution in [2.75, 3.05) is 18.5 Å². The van der Waals surface area contributed by atoms with Gasteiger partial charge in [0.25, 0.3) is 0 Å². The van der Waals surface area contributed by atoms with E-state index in [4.69, 9.17) is 21.7 Å². The number of aliphatic hydroxyl groups is 1. The van der Waals surface area contributed by atoms with Gasteiger partial charge in [0.2, 0.25) is 0 Å². The summed E-state index contributed by atoms with van der Waals surface area (Å²) in [6, 6.07) is 1.78. The van der Waals surface area contributed by atoms with Crippen LogP contribution in [-0.4, -0.2) is 18.3 Å². The Morgan fingerprint density at radius 2 is 2.40 bits per heavy atom. The van der Waals surface area contributed by atoms with Crippen LogP contribution >= 0.6 is 23.6 Å². The van der Waals surface area contributed by atoms with Crippen molar-refractivity contribution in [1.29, 1.82) is 0 Å². The molecule has 15 heavy (non-hydrogen) atoms. The maximum atomic E-state index is 8.70. The lowest BCUT2D eigenvalue weighted by Gasteiger charge is -2.03. The van der Waals surface area contributed by atoms with Crippen molar-refractivity contribution >= 4 is 39.7 Å². The SMILES string of the molecule is Cc1csc2c(=S)cc(NCCO)oc12. The molecule has 0 unspecified atom stereocenters. The van der Waals surface area contributed by atoms with Gasteiger partial charge in [0.1, 0.15) is 0 Å². The Balaban J connectivity index is 2.50. The summed E-state index contributed by atoms with van der Waals surface area (Å²) in [5, 5.41) is 13.7. The average molecular weight is 241 g/mol. The summed E-state index contributed by atoms with van der Waals surface area (Å²) in [5.41, 5.74) is 1.93. The number of aryl methyl sites for hydroxylation is 1. The summed E-state index contributed by atoms with van der Waals surface area (Å²) in [7, 11) is 0. The minimum absolute atomic E-state index is 0.0724. The highest BCUT2D eigenvalue weighted by Crippen LogP contribution is 2.29. The molecule has 2 aromatic heterocycles. The van der Waals surface area contributed by atoms with Crippen molar-refractivity contribution in [2.24, 2.45) is 0 Å². The lowest BCUT2D eigenvalue weighted by Crippen LogP contribution is -2.05. The number of hydrogen-bond donors (Lipinski definition) is 2. The Morgan fingerprint density at radius 1 is 1.60 bits per heavy atom. The van der Waals surface area contributed by atoms with E-state index in [1.165, 1.54) is 0 Å². The van der Waals surface area contributed by atoms with Gasteiger partial charge in [0, 0.05) is 18.2 Å². The first-order valence-corrected chi connectivity index (χ1v) is 5.88. The fourth-order valence-electron chi connectivity index (χ4n) is 1.32. The van der Waals surface area contributed by atoms with Crippen LogP contribution in [0.15, 0.2) is 15.9 Å². The van der Waals surface area contributed by atoms with Crippen molar-refractivity contribution in [3.8, 4) is 0 Å². The van der Waals surface area contributed by atoms with Crippen LogP contribution in [0, 0.1) is 11.4 Å². The van der Waals surface area contributed by atoms with E-state index in [1.807, 2.05) is 12.3 Å². The molecule has 2 N–H and O–H groups in total. The summed E-state index contributed by atoms with van der Waals surface area (Å²) in [4.78, 5) is 0. The van der Waals surface area contributed by atoms with Gasteiger partial charge >= 0.3 is 0 Å². The Morgan fingerprint density at radius 3 is 3.13 bits per heavy atom. The van der Waals surface area contributed by atoms with Crippen molar-refractivity contribution in [3.63, 3.8) is 0 Å². The Kier molecular flexibility index (Phi) is 3.04. The molecule has 0 aromatic carbocycles. The molecule has 0 saturated carbocycles. The number of thiophene rings is 1. The molecule has 2 rings (SSSR count). The number of aliphatic hydroxyl groups excluding tert-OH is 1. The molecule has 0 saturated heterocycles. The summed E-state index contributed by atoms with van der Waals surface area (Å²) in [6.45, 7) is 2.53. The van der Waals surface area contributed by atoms with E-state index < -0.39 is 0 Å². The van der Waals surface area contributed by atoms with Crippen LogP contribution < -0.4 is 5.32 Å². The van der Waals surface area contributed by atoms with Gasteiger partial charge in [0.05, 0.1) is 15.8 Å². The molecule has 80 valence electrons. The average Bonchev–Trinajstić information content (AvgIpc) is 2.58. The van der Waals surface area contributed by atoms with Crippen LogP contribution in [0.4, 0.5) is 5.88 Å². The number of hydrogen-bond acceptors (Lipinski definition) is 5. The van der Waals surface area contributed by atoms with Gasteiger partial charge in [-0.15, -0.1) is 11.3 Å². The van der Waals surface area contributed by atoms with Crippen LogP contribution in [0.5, 0.6) is 0 Å². The zero-order valence-corrected chi connectivity index (χ0v) is 9.87. The molecule has 0 aliphatic heterocycles. The van der Waals surface area contributed by atoms with Crippen molar-refractivity contribution in [3.05, 3.63) is 21.5 Å². The van der Waals surface area contributed by atoms with E-state index in [2.05, 4.69) is 5.32 Å². The molecule has 0 fully saturated rings. The molecular weight excluding hydrogens is 230 g/mol. The van der Waals surface area contributed by atoms with Gasteiger partial charge in [-0.2, -0.15) is 0 Å². The number of fused-ring (bicyclic) bond motifs is 1. The van der Waals surface area contributed by atoms with Gasteiger partial charge < -0.3 is 14.8 Å². The zero-order chi connectivity index (χ0) is 10.8. The fraction of sp³-hybridized carbons (Fsp3) is 0.300. The van der Waals surface area contributed by atoms with Gasteiger partial charge in [-0.25, -0.2) is 0 Å². The van der Waals surface area contributed by atoms with Crippen LogP contribution in [0.2, 0.25) is 0 Å². The maximum Gasteiger partial charge on any atom is 0.195 e. The zero-order valence-electron chi connectivity index (χ0n) is 8.24. The van der Waals surface area contributed by atoms with Crippen molar-refractivity contribution in [2.45, 2.75) is 6.92 Å². The fourth-order valence-corrected chi connectivity index (χ4v) is 2.55. The van der Waals surface area contributed by atoms with E-state index in [9.17, 15) is 0 Å². The van der Waals surface area contributed by atoms with Crippen LogP contribution in [0.3, 0.4) is 0 Å². The first-order chi connectivity index (χ1) is 7.22. The highest BCUT2D eigenvalue weighted by Gasteiger charge is 2.06. The molecule has 0 aliphatic rings. The molecular formula is C10H11NO2S2. The van der Waals surface area contributed by atoms with Crippen LogP contribution in [0.25, 0.3) is 10.3 Å². The van der Waals surface area contributed by atoms with E-state index in [0.29, 0.717) is 12.4 Å². The molecule has 0 aliphatic carbocycles. The van der Waals surface area contributed by atoms with Crippen molar-refractivity contribution in [1.82, 2.24) is 0 Å². The Labute approximate surface area is 96.4 Å². The molecule has 0 radical (unpaired) electrons. The third kappa shape index (κ3) is 2.04. The summed E-state index contributed by atoms with van der Waals surface area (Å²) in [5.74, 6) is 0.614. The molecule has 3 nitrogen and oxygen atoms in total. The third-order valence-electron chi connectivity index (χ3n) is 2.03. The monoisotopic (exact) mass is 241 g/mol. The highest BCUT2D eigenvalue weighted by molar-refractivity contribution is 7.72. The lowest BCUT2D eigenvalue weighted by atomic mass is 10.3. The largest absolute Gasteiger partial charge is 0.440 e. The first-order valence-electron chi connectivity index (χ1n) is 4.59. The molecule has 5 heteroatoms. The van der Waals surface area contributed by atoms with Gasteiger partial charge in [-0.1, -0.05) is 12.2 Å². The summed E-state index contributed by atoms with van der Waals surface area (Å²) in [6.07, 6.45) is 0. The maximum absolute atomic E-state index is 8.70. The molecule has 0 amide bonds. The van der Waals surface area contributed by atoms with Crippen LogP contribution in [0.1, 0.15) is 5.56 Å². The molecule has 2 heterocycles. The molecule has 0 bridgehead atoms. The van der Waals surface area contributed by atoms with Crippen molar-refractivity contribution < 1.29 is 9.52 Å². The van der Waals surface area contributed by atoms with E-state index in [-0.39, 0.29) is 6.61 Å². The first kappa shape index (κ1) is 10.6. The van der Waals surface area contributed by atoms with Gasteiger partial charge in [-0.3, -0.25) is 0 Å². The number of nitrogens with one attached hydrogen (secondary N) is 1. The molecule has 0 atom stereocenters. The topological polar surface area (TPSA) is 45.4 Å².